The maximum absolute atomic E-state index is 14.1. The number of benzene rings is 3. The Labute approximate surface area is 277 Å². The Kier molecular flexibility index (Phi) is 9.22. The van der Waals surface area contributed by atoms with Gasteiger partial charge in [-0.15, -0.1) is 5.10 Å². The summed E-state index contributed by atoms with van der Waals surface area (Å²) in [5, 5.41) is 9.20. The lowest BCUT2D eigenvalue weighted by molar-refractivity contribution is -0.161. The molecule has 3 aromatic rings. The number of carbonyl (C=O) groups excluding carboxylic acids is 3. The summed E-state index contributed by atoms with van der Waals surface area (Å²) >= 11 is 0. The third kappa shape index (κ3) is 7.58. The molecule has 0 bridgehead atoms. The van der Waals surface area contributed by atoms with E-state index in [1.165, 1.54) is 5.01 Å². The van der Waals surface area contributed by atoms with Crippen molar-refractivity contribution in [2.24, 2.45) is 16.4 Å². The van der Waals surface area contributed by atoms with E-state index < -0.39 is 11.0 Å². The molecule has 1 heterocycles. The Morgan fingerprint density at radius 1 is 1.00 bits per heavy atom. The fraction of sp³-hybridized carbons (Fsp3) is 0.436. The number of nitrogens with one attached hydrogen (secondary N) is 1. The summed E-state index contributed by atoms with van der Waals surface area (Å²) in [7, 11) is 0. The van der Waals surface area contributed by atoms with Crippen molar-refractivity contribution in [3.05, 3.63) is 101 Å². The van der Waals surface area contributed by atoms with E-state index >= 15 is 0 Å². The fourth-order valence-electron chi connectivity index (χ4n) is 6.75. The van der Waals surface area contributed by atoms with E-state index in [0.29, 0.717) is 18.9 Å². The predicted molar refractivity (Wildman–Crippen MR) is 182 cm³/mol. The predicted octanol–water partition coefficient (Wildman–Crippen LogP) is 7.29. The molecule has 2 fully saturated rings. The topological polar surface area (TPSA) is 97.3 Å². The van der Waals surface area contributed by atoms with Gasteiger partial charge in [0.1, 0.15) is 5.60 Å². The first-order valence-electron chi connectivity index (χ1n) is 16.8. The zero-order valence-electron chi connectivity index (χ0n) is 27.9. The van der Waals surface area contributed by atoms with Crippen molar-refractivity contribution in [3.8, 4) is 0 Å². The lowest BCUT2D eigenvalue weighted by atomic mass is 9.83. The van der Waals surface area contributed by atoms with Crippen molar-refractivity contribution in [2.45, 2.75) is 90.7 Å². The fourth-order valence-corrected chi connectivity index (χ4v) is 6.75. The third-order valence-corrected chi connectivity index (χ3v) is 9.60. The van der Waals surface area contributed by atoms with Crippen molar-refractivity contribution in [2.75, 3.05) is 11.9 Å². The number of hydrogen-bond donors (Lipinski definition) is 1. The highest BCUT2D eigenvalue weighted by Crippen LogP contribution is 2.51. The number of ether oxygens (including phenoxy) is 2. The lowest BCUT2D eigenvalue weighted by Gasteiger charge is -2.26. The second kappa shape index (κ2) is 13.3. The molecule has 2 saturated carbocycles. The Bertz CT molecular complexity index is 1650. The second-order valence-corrected chi connectivity index (χ2v) is 14.3. The normalized spacial score (nSPS) is 18.3. The summed E-state index contributed by atoms with van der Waals surface area (Å²) < 4.78 is 11.3. The van der Waals surface area contributed by atoms with Crippen molar-refractivity contribution in [3.63, 3.8) is 0 Å². The summed E-state index contributed by atoms with van der Waals surface area (Å²) in [5.74, 6) is 0.0390. The number of carbonyl (C=O) groups is 3. The summed E-state index contributed by atoms with van der Waals surface area (Å²) in [6.07, 6.45) is 6.50. The van der Waals surface area contributed by atoms with Crippen molar-refractivity contribution < 1.29 is 23.9 Å². The molecule has 8 nitrogen and oxygen atoms in total. The van der Waals surface area contributed by atoms with Gasteiger partial charge in [-0.2, -0.15) is 0 Å². The average molecular weight is 636 g/mol. The van der Waals surface area contributed by atoms with Gasteiger partial charge in [-0.05, 0) is 106 Å². The van der Waals surface area contributed by atoms with E-state index in [9.17, 15) is 14.4 Å². The number of anilines is 1. The minimum atomic E-state index is -0.523. The molecule has 3 aliphatic rings. The van der Waals surface area contributed by atoms with Gasteiger partial charge in [0, 0.05) is 11.3 Å². The Morgan fingerprint density at radius 2 is 1.70 bits per heavy atom. The molecular weight excluding hydrogens is 590 g/mol. The first-order chi connectivity index (χ1) is 22.5. The molecule has 47 heavy (non-hydrogen) atoms. The first kappa shape index (κ1) is 32.5. The van der Waals surface area contributed by atoms with Crippen LogP contribution in [-0.4, -0.2) is 40.9 Å². The molecule has 0 saturated heterocycles. The highest BCUT2D eigenvalue weighted by atomic mass is 16.6. The number of esters is 1. The molecule has 1 N–H and O–H groups in total. The lowest BCUT2D eigenvalue weighted by Crippen LogP contribution is -2.36. The quantitative estimate of drug-likeness (QED) is 0.236. The molecule has 3 aromatic carbocycles. The van der Waals surface area contributed by atoms with E-state index in [1.54, 1.807) is 0 Å². The summed E-state index contributed by atoms with van der Waals surface area (Å²) in [6, 6.07) is 23.5. The van der Waals surface area contributed by atoms with Crippen LogP contribution in [0.1, 0.15) is 93.0 Å². The molecule has 0 unspecified atom stereocenters. The van der Waals surface area contributed by atoms with Crippen molar-refractivity contribution in [1.82, 2.24) is 5.01 Å². The number of nitrogens with zero attached hydrogens (tertiary/aromatic N) is 2. The zero-order chi connectivity index (χ0) is 33.2. The third-order valence-electron chi connectivity index (χ3n) is 9.60. The molecule has 2 aliphatic carbocycles. The molecule has 1 atom stereocenters. The number of hydrazone groups is 1. The van der Waals surface area contributed by atoms with Crippen molar-refractivity contribution in [1.29, 1.82) is 0 Å². The van der Waals surface area contributed by atoms with E-state index in [-0.39, 0.29) is 36.2 Å². The number of amides is 2. The summed E-state index contributed by atoms with van der Waals surface area (Å²) in [5.41, 5.74) is 4.54. The molecular formula is C39H45N3O5. The highest BCUT2D eigenvalue weighted by Gasteiger charge is 2.52. The highest BCUT2D eigenvalue weighted by molar-refractivity contribution is 5.98. The molecule has 0 aromatic heterocycles. The molecule has 8 heteroatoms. The zero-order valence-corrected chi connectivity index (χ0v) is 27.9. The van der Waals surface area contributed by atoms with Gasteiger partial charge >= 0.3 is 5.97 Å². The summed E-state index contributed by atoms with van der Waals surface area (Å²) in [4.78, 5) is 39.7. The SMILES string of the molecule is Cc1c(CC2(C(=O)OC(C)(C)C)CC2)cccc1NC(=O)[C@H](c1ccc(CN2N=C(c3ccccc3)OCC2=O)cc1)C1CCCC1. The van der Waals surface area contributed by atoms with Gasteiger partial charge in [-0.3, -0.25) is 14.4 Å². The first-order valence-corrected chi connectivity index (χ1v) is 16.8. The van der Waals surface area contributed by atoms with Gasteiger partial charge in [0.05, 0.1) is 17.9 Å². The maximum Gasteiger partial charge on any atom is 0.312 e. The second-order valence-electron chi connectivity index (χ2n) is 14.3. The van der Waals surface area contributed by atoms with Crippen LogP contribution < -0.4 is 5.32 Å². The smallest absolute Gasteiger partial charge is 0.312 e. The van der Waals surface area contributed by atoms with Crippen LogP contribution in [0, 0.1) is 18.3 Å². The van der Waals surface area contributed by atoms with Gasteiger partial charge in [-0.1, -0.05) is 67.4 Å². The largest absolute Gasteiger partial charge is 0.466 e. The Morgan fingerprint density at radius 3 is 2.36 bits per heavy atom. The van der Waals surface area contributed by atoms with Crippen LogP contribution in [0.5, 0.6) is 0 Å². The van der Waals surface area contributed by atoms with Crippen LogP contribution in [0.15, 0.2) is 77.9 Å². The van der Waals surface area contributed by atoms with Gasteiger partial charge in [-0.25, -0.2) is 5.01 Å². The standard InChI is InChI=1S/C39H45N3O5/c1-26-31(23-39(21-22-39)37(45)47-38(2,3)4)15-10-16-32(26)40-35(44)34(28-11-8-9-12-28)29-19-17-27(18-20-29)24-42-33(43)25-46-36(41-42)30-13-6-5-7-14-30/h5-7,10,13-20,28,34H,8-9,11-12,21-25H2,1-4H3,(H,40,44)/t34-/m0/s1. The van der Waals surface area contributed by atoms with E-state index in [0.717, 1.165) is 72.0 Å². The molecule has 0 radical (unpaired) electrons. The Balaban J connectivity index is 1.17. The monoisotopic (exact) mass is 635 g/mol. The van der Waals surface area contributed by atoms with Crippen LogP contribution in [0.25, 0.3) is 0 Å². The average Bonchev–Trinajstić information content (AvgIpc) is 3.64. The minimum Gasteiger partial charge on any atom is -0.466 e. The number of hydrogen-bond acceptors (Lipinski definition) is 6. The van der Waals surface area contributed by atoms with Crippen LogP contribution in [0.2, 0.25) is 0 Å². The van der Waals surface area contributed by atoms with Crippen LogP contribution >= 0.6 is 0 Å². The summed E-state index contributed by atoms with van der Waals surface area (Å²) in [6.45, 7) is 7.98. The minimum absolute atomic E-state index is 0.0152. The van der Waals surface area contributed by atoms with Gasteiger partial charge in [0.15, 0.2) is 6.61 Å². The van der Waals surface area contributed by atoms with Crippen molar-refractivity contribution >= 4 is 29.4 Å². The van der Waals surface area contributed by atoms with Gasteiger partial charge < -0.3 is 14.8 Å². The molecule has 246 valence electrons. The maximum atomic E-state index is 14.1. The van der Waals surface area contributed by atoms with Gasteiger partial charge in [0.2, 0.25) is 11.8 Å². The van der Waals surface area contributed by atoms with Crippen LogP contribution in [-0.2, 0) is 36.8 Å². The van der Waals surface area contributed by atoms with E-state index in [1.807, 2.05) is 94.4 Å². The Hall–Kier alpha value is -4.46. The molecule has 0 spiro atoms. The molecule has 2 amide bonds. The van der Waals surface area contributed by atoms with Gasteiger partial charge in [0.25, 0.3) is 5.91 Å². The van der Waals surface area contributed by atoms with Crippen LogP contribution in [0.4, 0.5) is 5.69 Å². The van der Waals surface area contributed by atoms with E-state index in [4.69, 9.17) is 9.47 Å². The van der Waals surface area contributed by atoms with Crippen LogP contribution in [0.3, 0.4) is 0 Å². The van der Waals surface area contributed by atoms with E-state index in [2.05, 4.69) is 16.5 Å². The molecule has 1 aliphatic heterocycles. The molecule has 6 rings (SSSR count). The number of rotatable bonds is 10.